The molecule has 0 aliphatic carbocycles. The fourth-order valence-electron chi connectivity index (χ4n) is 0.478. The molecule has 0 spiro atoms. The summed E-state index contributed by atoms with van der Waals surface area (Å²) in [6.07, 6.45) is 0. The Bertz CT molecular complexity index is 134. The molecule has 0 aliphatic heterocycles. The summed E-state index contributed by atoms with van der Waals surface area (Å²) < 4.78 is 0. The van der Waals surface area contributed by atoms with E-state index in [-0.39, 0.29) is 12.4 Å². The smallest absolute Gasteiger partial charge is 0.126 e. The van der Waals surface area contributed by atoms with E-state index in [1.165, 1.54) is 0 Å². The Kier molecular flexibility index (Phi) is 3.13. The van der Waals surface area contributed by atoms with Gasteiger partial charge in [-0.3, -0.25) is 0 Å². The molecule has 1 aromatic carbocycles. The minimum absolute atomic E-state index is 0. The highest BCUT2D eigenvalue weighted by Gasteiger charge is 1.82. The van der Waals surface area contributed by atoms with E-state index in [1.807, 2.05) is 30.3 Å². The second-order valence-electron chi connectivity index (χ2n) is 1.49. The van der Waals surface area contributed by atoms with E-state index in [1.54, 1.807) is 0 Å². The van der Waals surface area contributed by atoms with E-state index in [2.05, 4.69) is 6.92 Å². The van der Waals surface area contributed by atoms with Gasteiger partial charge in [-0.1, -0.05) is 0 Å². The van der Waals surface area contributed by atoms with Crippen molar-refractivity contribution in [2.24, 2.45) is 0 Å². The summed E-state index contributed by atoms with van der Waals surface area (Å²) in [5.74, 6) is 0. The molecule has 1 heteroatoms. The highest BCUT2D eigenvalue weighted by Crippen LogP contribution is 1.92. The van der Waals surface area contributed by atoms with Crippen molar-refractivity contribution in [3.8, 4) is 0 Å². The first-order valence-corrected chi connectivity index (χ1v) is 2.26. The number of hydrogen-bond donors (Lipinski definition) is 0. The van der Waals surface area contributed by atoms with Crippen molar-refractivity contribution < 1.29 is 12.4 Å². The van der Waals surface area contributed by atoms with Gasteiger partial charge in [0.25, 0.3) is 0 Å². The molecular weight excluding hydrogens is 120 g/mol. The van der Waals surface area contributed by atoms with Gasteiger partial charge in [-0.2, -0.15) is 0 Å². The van der Waals surface area contributed by atoms with E-state index in [0.29, 0.717) is 0 Å². The minimum atomic E-state index is 0. The average Bonchev–Trinajstić information content (AvgIpc) is 1.69. The molecule has 0 saturated carbocycles. The van der Waals surface area contributed by atoms with Crippen LogP contribution in [0.25, 0.3) is 0 Å². The van der Waals surface area contributed by atoms with Crippen molar-refractivity contribution in [1.29, 1.82) is 0 Å². The molecule has 1 aromatic rings. The Hall–Kier alpha value is -0.620. The molecule has 0 aromatic heterocycles. The molecule has 8 heavy (non-hydrogen) atoms. The molecule has 0 aliphatic rings. The molecule has 42 valence electrons. The number of halogens is 1. The summed E-state index contributed by atoms with van der Waals surface area (Å²) in [5.41, 5.74) is 1.07. The lowest BCUT2D eigenvalue weighted by Crippen LogP contribution is -3.00. The van der Waals surface area contributed by atoms with Crippen LogP contribution in [0.2, 0.25) is 0 Å². The van der Waals surface area contributed by atoms with Crippen molar-refractivity contribution in [2.75, 3.05) is 0 Å². The zero-order valence-corrected chi connectivity index (χ0v) is 5.23. The SMILES string of the molecule is [CH2+]c1ccccc1.[Cl-]. The molecular formula is C7H7Cl. The molecule has 0 fully saturated rings. The highest BCUT2D eigenvalue weighted by atomic mass is 35.5. The van der Waals surface area contributed by atoms with Gasteiger partial charge in [-0.15, -0.1) is 0 Å². The van der Waals surface area contributed by atoms with E-state index in [0.717, 1.165) is 5.56 Å². The second-order valence-corrected chi connectivity index (χ2v) is 1.49. The molecule has 0 radical (unpaired) electrons. The summed E-state index contributed by atoms with van der Waals surface area (Å²) in [5, 5.41) is 0. The highest BCUT2D eigenvalue weighted by molar-refractivity contribution is 5.16. The number of rotatable bonds is 0. The molecule has 0 N–H and O–H groups in total. The first-order chi connectivity index (χ1) is 3.39. The van der Waals surface area contributed by atoms with Gasteiger partial charge in [-0.05, 0) is 18.2 Å². The first kappa shape index (κ1) is 7.38. The van der Waals surface area contributed by atoms with Crippen LogP contribution in [0.1, 0.15) is 5.56 Å². The summed E-state index contributed by atoms with van der Waals surface area (Å²) in [6.45, 7) is 3.72. The molecule has 0 heterocycles. The molecule has 0 amide bonds. The van der Waals surface area contributed by atoms with E-state index < -0.39 is 0 Å². The van der Waals surface area contributed by atoms with E-state index >= 15 is 0 Å². The van der Waals surface area contributed by atoms with Crippen LogP contribution in [0.15, 0.2) is 30.3 Å². The van der Waals surface area contributed by atoms with Gasteiger partial charge in [0.15, 0.2) is 0 Å². The van der Waals surface area contributed by atoms with Gasteiger partial charge >= 0.3 is 0 Å². The maximum Gasteiger partial charge on any atom is 0.126 e. The van der Waals surface area contributed by atoms with E-state index in [4.69, 9.17) is 0 Å². The van der Waals surface area contributed by atoms with Crippen LogP contribution in [0.5, 0.6) is 0 Å². The van der Waals surface area contributed by atoms with Crippen molar-refractivity contribution in [3.05, 3.63) is 42.8 Å². The second kappa shape index (κ2) is 3.39. The third kappa shape index (κ3) is 1.90. The zero-order valence-electron chi connectivity index (χ0n) is 4.47. The van der Waals surface area contributed by atoms with Gasteiger partial charge in [0.2, 0.25) is 0 Å². The van der Waals surface area contributed by atoms with Crippen molar-refractivity contribution in [3.63, 3.8) is 0 Å². The molecule has 1 rings (SSSR count). The van der Waals surface area contributed by atoms with Crippen molar-refractivity contribution in [1.82, 2.24) is 0 Å². The molecule has 0 atom stereocenters. The van der Waals surface area contributed by atoms with Gasteiger partial charge in [-0.25, -0.2) is 0 Å². The third-order valence-electron chi connectivity index (χ3n) is 0.843. The van der Waals surface area contributed by atoms with Crippen LogP contribution in [-0.2, 0) is 0 Å². The Morgan fingerprint density at radius 1 is 1.00 bits per heavy atom. The molecule has 0 saturated heterocycles. The Labute approximate surface area is 55.9 Å². The van der Waals surface area contributed by atoms with Crippen LogP contribution < -0.4 is 12.4 Å². The zero-order chi connectivity index (χ0) is 5.11. The van der Waals surface area contributed by atoms with Crippen LogP contribution in [-0.4, -0.2) is 0 Å². The fourth-order valence-corrected chi connectivity index (χ4v) is 0.478. The first-order valence-electron chi connectivity index (χ1n) is 2.26. The predicted octanol–water partition coefficient (Wildman–Crippen LogP) is -1.13. The fraction of sp³-hybridized carbons (Fsp3) is 0. The Morgan fingerprint density at radius 3 is 1.75 bits per heavy atom. The number of benzene rings is 1. The Balaban J connectivity index is 0.000000490. The summed E-state index contributed by atoms with van der Waals surface area (Å²) in [4.78, 5) is 0. The topological polar surface area (TPSA) is 0 Å². The van der Waals surface area contributed by atoms with Crippen LogP contribution in [0.3, 0.4) is 0 Å². The summed E-state index contributed by atoms with van der Waals surface area (Å²) >= 11 is 0. The average molecular weight is 127 g/mol. The predicted molar refractivity (Wildman–Crippen MR) is 30.9 cm³/mol. The lowest BCUT2D eigenvalue weighted by atomic mass is 10.2. The molecule has 0 nitrogen and oxygen atoms in total. The summed E-state index contributed by atoms with van der Waals surface area (Å²) in [7, 11) is 0. The van der Waals surface area contributed by atoms with Crippen LogP contribution >= 0.6 is 0 Å². The van der Waals surface area contributed by atoms with Crippen LogP contribution in [0, 0.1) is 6.92 Å². The van der Waals surface area contributed by atoms with Crippen molar-refractivity contribution in [2.45, 2.75) is 0 Å². The monoisotopic (exact) mass is 126 g/mol. The lowest BCUT2D eigenvalue weighted by molar-refractivity contribution is -0.00000142. The quantitative estimate of drug-likeness (QED) is 0.386. The minimum Gasteiger partial charge on any atom is -1.00 e. The number of hydrogen-bond acceptors (Lipinski definition) is 0. The third-order valence-corrected chi connectivity index (χ3v) is 0.843. The van der Waals surface area contributed by atoms with Gasteiger partial charge < -0.3 is 12.4 Å². The maximum absolute atomic E-state index is 3.72. The Morgan fingerprint density at radius 2 is 1.50 bits per heavy atom. The maximum atomic E-state index is 3.72. The molecule has 0 unspecified atom stereocenters. The van der Waals surface area contributed by atoms with Gasteiger partial charge in [0.05, 0.1) is 0 Å². The summed E-state index contributed by atoms with van der Waals surface area (Å²) in [6, 6.07) is 9.87. The standard InChI is InChI=1S/C7H7.ClH/c1-7-5-3-2-4-6-7;/h2-6H,1H2;1H/q+1;/p-1. The van der Waals surface area contributed by atoms with Crippen LogP contribution in [0.4, 0.5) is 0 Å². The van der Waals surface area contributed by atoms with Gasteiger partial charge in [0.1, 0.15) is 5.56 Å². The van der Waals surface area contributed by atoms with Gasteiger partial charge in [0, 0.05) is 19.1 Å². The molecule has 0 bridgehead atoms. The normalized spacial score (nSPS) is 7.50. The largest absolute Gasteiger partial charge is 1.00 e. The van der Waals surface area contributed by atoms with E-state index in [9.17, 15) is 0 Å². The lowest BCUT2D eigenvalue weighted by Gasteiger charge is -1.72. The van der Waals surface area contributed by atoms with Crippen molar-refractivity contribution >= 4 is 0 Å².